The van der Waals surface area contributed by atoms with E-state index in [0.29, 0.717) is 23.4 Å². The maximum absolute atomic E-state index is 13.0. The third-order valence-corrected chi connectivity index (χ3v) is 6.60. The minimum absolute atomic E-state index is 0.0980. The zero-order valence-corrected chi connectivity index (χ0v) is 18.0. The van der Waals surface area contributed by atoms with Crippen LogP contribution in [-0.2, 0) is 10.0 Å². The molecule has 1 N–H and O–H groups in total. The quantitative estimate of drug-likeness (QED) is 0.568. The van der Waals surface area contributed by atoms with Crippen molar-refractivity contribution >= 4 is 43.5 Å². The number of hydrogen-bond acceptors (Lipinski definition) is 5. The molecule has 0 aliphatic carbocycles. The van der Waals surface area contributed by atoms with Crippen LogP contribution >= 0.6 is 11.8 Å². The topological polar surface area (TPSA) is 75.7 Å². The molecule has 0 bridgehead atoms. The number of amides is 1. The van der Waals surface area contributed by atoms with Crippen molar-refractivity contribution in [1.82, 2.24) is 4.90 Å². The summed E-state index contributed by atoms with van der Waals surface area (Å²) in [5.41, 5.74) is 0.421. The molecule has 0 unspecified atom stereocenters. The first-order valence-corrected chi connectivity index (χ1v) is 11.3. The van der Waals surface area contributed by atoms with Gasteiger partial charge in [-0.3, -0.25) is 9.52 Å². The lowest BCUT2D eigenvalue weighted by Crippen LogP contribution is -2.16. The second-order valence-electron chi connectivity index (χ2n) is 6.43. The summed E-state index contributed by atoms with van der Waals surface area (Å²) in [4.78, 5) is 14.2. The number of rotatable bonds is 6. The molecule has 0 atom stereocenters. The SMILES string of the molecule is CCOc1ccc(S(=O)(=O)Nc2ccc(SC(=O)N(C)C)cc2)c2ccccc12. The van der Waals surface area contributed by atoms with Gasteiger partial charge in [-0.15, -0.1) is 0 Å². The number of carbonyl (C=O) groups is 1. The molecular weight excluding hydrogens is 408 g/mol. The molecule has 0 aliphatic rings. The number of fused-ring (bicyclic) bond motifs is 1. The van der Waals surface area contributed by atoms with Gasteiger partial charge in [0.25, 0.3) is 15.3 Å². The first-order valence-electron chi connectivity index (χ1n) is 8.98. The van der Waals surface area contributed by atoms with E-state index in [1.165, 1.54) is 4.90 Å². The highest BCUT2D eigenvalue weighted by atomic mass is 32.2. The van der Waals surface area contributed by atoms with E-state index in [1.54, 1.807) is 62.6 Å². The maximum Gasteiger partial charge on any atom is 0.285 e. The zero-order valence-electron chi connectivity index (χ0n) is 16.4. The molecule has 29 heavy (non-hydrogen) atoms. The minimum Gasteiger partial charge on any atom is -0.493 e. The van der Waals surface area contributed by atoms with Gasteiger partial charge in [-0.25, -0.2) is 8.42 Å². The molecule has 0 radical (unpaired) electrons. The predicted octanol–water partition coefficient (Wildman–Crippen LogP) is 4.81. The summed E-state index contributed by atoms with van der Waals surface area (Å²) in [6.07, 6.45) is 0. The van der Waals surface area contributed by atoms with Crippen LogP contribution in [0.25, 0.3) is 10.8 Å². The van der Waals surface area contributed by atoms with Crippen LogP contribution in [0, 0.1) is 0 Å². The van der Waals surface area contributed by atoms with E-state index in [1.807, 2.05) is 19.1 Å². The van der Waals surface area contributed by atoms with Crippen molar-refractivity contribution in [2.45, 2.75) is 16.7 Å². The van der Waals surface area contributed by atoms with Crippen molar-refractivity contribution in [2.24, 2.45) is 0 Å². The first-order chi connectivity index (χ1) is 13.8. The summed E-state index contributed by atoms with van der Waals surface area (Å²) in [5, 5.41) is 1.24. The summed E-state index contributed by atoms with van der Waals surface area (Å²) in [5.74, 6) is 0.647. The van der Waals surface area contributed by atoms with Crippen LogP contribution in [0.3, 0.4) is 0 Å². The standard InChI is InChI=1S/C21H22N2O4S2/c1-4-27-19-13-14-20(18-8-6-5-7-17(18)19)29(25,26)22-15-9-11-16(12-10-15)28-21(24)23(2)3/h5-14,22H,4H2,1-3H3. The fraction of sp³-hybridized carbons (Fsp3) is 0.190. The fourth-order valence-electron chi connectivity index (χ4n) is 2.75. The molecule has 0 fully saturated rings. The number of sulfonamides is 1. The highest BCUT2D eigenvalue weighted by Crippen LogP contribution is 2.32. The molecule has 0 aliphatic heterocycles. The number of hydrogen-bond donors (Lipinski definition) is 1. The lowest BCUT2D eigenvalue weighted by atomic mass is 10.1. The Hall–Kier alpha value is -2.71. The molecule has 0 saturated heterocycles. The monoisotopic (exact) mass is 430 g/mol. The number of thioether (sulfide) groups is 1. The van der Waals surface area contributed by atoms with Crippen molar-refractivity contribution in [3.05, 3.63) is 60.7 Å². The Morgan fingerprint density at radius 2 is 1.66 bits per heavy atom. The number of ether oxygens (including phenoxy) is 1. The molecular formula is C21H22N2O4S2. The van der Waals surface area contributed by atoms with Crippen LogP contribution < -0.4 is 9.46 Å². The van der Waals surface area contributed by atoms with Gasteiger partial charge in [-0.2, -0.15) is 0 Å². The summed E-state index contributed by atoms with van der Waals surface area (Å²) in [6.45, 7) is 2.38. The number of carbonyl (C=O) groups excluding carboxylic acids is 1. The van der Waals surface area contributed by atoms with Crippen molar-refractivity contribution in [3.8, 4) is 5.75 Å². The molecule has 1 amide bonds. The number of benzene rings is 3. The smallest absolute Gasteiger partial charge is 0.285 e. The van der Waals surface area contributed by atoms with Gasteiger partial charge < -0.3 is 9.64 Å². The second-order valence-corrected chi connectivity index (χ2v) is 9.11. The van der Waals surface area contributed by atoms with Gasteiger partial charge in [0.15, 0.2) is 0 Å². The van der Waals surface area contributed by atoms with E-state index < -0.39 is 10.0 Å². The van der Waals surface area contributed by atoms with Crippen LogP contribution in [0.1, 0.15) is 6.92 Å². The lowest BCUT2D eigenvalue weighted by molar-refractivity contribution is 0.241. The lowest BCUT2D eigenvalue weighted by Gasteiger charge is -2.14. The maximum atomic E-state index is 13.0. The molecule has 0 aromatic heterocycles. The largest absolute Gasteiger partial charge is 0.493 e. The van der Waals surface area contributed by atoms with Crippen molar-refractivity contribution in [2.75, 3.05) is 25.4 Å². The highest BCUT2D eigenvalue weighted by molar-refractivity contribution is 8.13. The summed E-state index contributed by atoms with van der Waals surface area (Å²) < 4.78 is 34.3. The molecule has 0 spiro atoms. The number of nitrogens with zero attached hydrogens (tertiary/aromatic N) is 1. The van der Waals surface area contributed by atoms with Gasteiger partial charge >= 0.3 is 0 Å². The molecule has 3 aromatic carbocycles. The average molecular weight is 431 g/mol. The Bertz CT molecular complexity index is 1130. The molecule has 3 rings (SSSR count). The number of nitrogens with one attached hydrogen (secondary N) is 1. The summed E-state index contributed by atoms with van der Waals surface area (Å²) in [6, 6.07) is 17.2. The van der Waals surface area contributed by atoms with Crippen LogP contribution in [-0.4, -0.2) is 39.3 Å². The van der Waals surface area contributed by atoms with E-state index in [9.17, 15) is 13.2 Å². The Balaban J connectivity index is 1.88. The highest BCUT2D eigenvalue weighted by Gasteiger charge is 2.19. The summed E-state index contributed by atoms with van der Waals surface area (Å²) in [7, 11) is -0.449. The third-order valence-electron chi connectivity index (χ3n) is 4.11. The van der Waals surface area contributed by atoms with E-state index in [2.05, 4.69) is 4.72 Å². The molecule has 0 heterocycles. The number of anilines is 1. The van der Waals surface area contributed by atoms with Crippen molar-refractivity contribution in [1.29, 1.82) is 0 Å². The zero-order chi connectivity index (χ0) is 21.0. The molecule has 6 nitrogen and oxygen atoms in total. The summed E-state index contributed by atoms with van der Waals surface area (Å²) >= 11 is 1.08. The van der Waals surface area contributed by atoms with Crippen LogP contribution in [0.15, 0.2) is 70.5 Å². The average Bonchev–Trinajstić information content (AvgIpc) is 2.69. The first kappa shape index (κ1) is 21.0. The van der Waals surface area contributed by atoms with E-state index in [4.69, 9.17) is 4.74 Å². The Morgan fingerprint density at radius 3 is 2.28 bits per heavy atom. The predicted molar refractivity (Wildman–Crippen MR) is 117 cm³/mol. The molecule has 8 heteroatoms. The van der Waals surface area contributed by atoms with E-state index in [-0.39, 0.29) is 10.1 Å². The van der Waals surface area contributed by atoms with Gasteiger partial charge in [-0.05, 0) is 55.1 Å². The second kappa shape index (κ2) is 8.75. The van der Waals surface area contributed by atoms with Crippen LogP contribution in [0.5, 0.6) is 5.75 Å². The van der Waals surface area contributed by atoms with E-state index in [0.717, 1.165) is 22.0 Å². The molecule has 3 aromatic rings. The Kier molecular flexibility index (Phi) is 6.34. The third kappa shape index (κ3) is 4.83. The van der Waals surface area contributed by atoms with Crippen LogP contribution in [0.4, 0.5) is 10.5 Å². The van der Waals surface area contributed by atoms with Gasteiger partial charge in [0.2, 0.25) is 0 Å². The van der Waals surface area contributed by atoms with Gasteiger partial charge in [0, 0.05) is 35.5 Å². The fourth-order valence-corrected chi connectivity index (χ4v) is 4.68. The van der Waals surface area contributed by atoms with Gasteiger partial charge in [0.05, 0.1) is 11.5 Å². The minimum atomic E-state index is -3.81. The Labute approximate surface area is 174 Å². The van der Waals surface area contributed by atoms with Crippen molar-refractivity contribution < 1.29 is 17.9 Å². The molecule has 152 valence electrons. The van der Waals surface area contributed by atoms with Crippen molar-refractivity contribution in [3.63, 3.8) is 0 Å². The van der Waals surface area contributed by atoms with Crippen LogP contribution in [0.2, 0.25) is 0 Å². The normalized spacial score (nSPS) is 11.3. The van der Waals surface area contributed by atoms with Gasteiger partial charge in [-0.1, -0.05) is 24.3 Å². The van der Waals surface area contributed by atoms with E-state index >= 15 is 0 Å². The molecule has 0 saturated carbocycles. The Morgan fingerprint density at radius 1 is 1.00 bits per heavy atom. The van der Waals surface area contributed by atoms with Gasteiger partial charge in [0.1, 0.15) is 5.75 Å².